The molecular formula is C13H23N3O2. The number of piperidine rings is 1. The summed E-state index contributed by atoms with van der Waals surface area (Å²) in [5.41, 5.74) is 0. The van der Waals surface area contributed by atoms with E-state index in [4.69, 9.17) is 0 Å². The quantitative estimate of drug-likeness (QED) is 0.762. The number of rotatable bonds is 5. The molecule has 2 aliphatic heterocycles. The first kappa shape index (κ1) is 13.3. The van der Waals surface area contributed by atoms with Gasteiger partial charge in [0.2, 0.25) is 11.8 Å². The van der Waals surface area contributed by atoms with Crippen LogP contribution in [-0.2, 0) is 9.59 Å². The SMILES string of the molecule is O=C(CN1CCCC1=O)NCCN1CCCCC1. The van der Waals surface area contributed by atoms with Gasteiger partial charge in [-0.1, -0.05) is 6.42 Å². The average Bonchev–Trinajstić information content (AvgIpc) is 2.76. The van der Waals surface area contributed by atoms with E-state index in [1.165, 1.54) is 19.3 Å². The normalized spacial score (nSPS) is 21.3. The zero-order valence-electron chi connectivity index (χ0n) is 11.0. The van der Waals surface area contributed by atoms with Gasteiger partial charge in [-0.05, 0) is 32.4 Å². The summed E-state index contributed by atoms with van der Waals surface area (Å²) in [7, 11) is 0. The molecule has 0 aromatic carbocycles. The largest absolute Gasteiger partial charge is 0.353 e. The van der Waals surface area contributed by atoms with Gasteiger partial charge in [0.15, 0.2) is 0 Å². The molecule has 5 heteroatoms. The molecule has 2 saturated heterocycles. The Labute approximate surface area is 108 Å². The molecule has 0 spiro atoms. The van der Waals surface area contributed by atoms with Crippen molar-refractivity contribution in [3.05, 3.63) is 0 Å². The maximum absolute atomic E-state index is 11.7. The smallest absolute Gasteiger partial charge is 0.239 e. The Balaban J connectivity index is 1.58. The Bertz CT molecular complexity index is 301. The summed E-state index contributed by atoms with van der Waals surface area (Å²) in [6.45, 7) is 4.90. The molecule has 2 heterocycles. The summed E-state index contributed by atoms with van der Waals surface area (Å²) in [5.74, 6) is 0.0865. The van der Waals surface area contributed by atoms with E-state index in [9.17, 15) is 9.59 Å². The zero-order chi connectivity index (χ0) is 12.8. The highest BCUT2D eigenvalue weighted by Crippen LogP contribution is 2.09. The molecule has 1 N–H and O–H groups in total. The fourth-order valence-electron chi connectivity index (χ4n) is 2.64. The molecule has 0 unspecified atom stereocenters. The Morgan fingerprint density at radius 3 is 2.56 bits per heavy atom. The molecule has 2 amide bonds. The van der Waals surface area contributed by atoms with Crippen molar-refractivity contribution in [2.45, 2.75) is 32.1 Å². The van der Waals surface area contributed by atoms with Crippen LogP contribution in [0.25, 0.3) is 0 Å². The molecule has 0 aliphatic carbocycles. The number of carbonyl (C=O) groups is 2. The van der Waals surface area contributed by atoms with Crippen LogP contribution >= 0.6 is 0 Å². The van der Waals surface area contributed by atoms with Crippen molar-refractivity contribution < 1.29 is 9.59 Å². The van der Waals surface area contributed by atoms with E-state index in [1.807, 2.05) is 0 Å². The lowest BCUT2D eigenvalue weighted by Crippen LogP contribution is -2.42. The van der Waals surface area contributed by atoms with Crippen molar-refractivity contribution in [2.24, 2.45) is 0 Å². The van der Waals surface area contributed by atoms with Gasteiger partial charge in [-0.3, -0.25) is 9.59 Å². The minimum Gasteiger partial charge on any atom is -0.353 e. The number of hydrogen-bond acceptors (Lipinski definition) is 3. The predicted molar refractivity (Wildman–Crippen MR) is 69.1 cm³/mol. The number of hydrogen-bond donors (Lipinski definition) is 1. The molecule has 18 heavy (non-hydrogen) atoms. The predicted octanol–water partition coefficient (Wildman–Crippen LogP) is 0.211. The highest BCUT2D eigenvalue weighted by atomic mass is 16.2. The van der Waals surface area contributed by atoms with Gasteiger partial charge in [-0.2, -0.15) is 0 Å². The standard InChI is InChI=1S/C13H23N3O2/c17-12(11-16-9-4-5-13(16)18)14-6-10-15-7-2-1-3-8-15/h1-11H2,(H,14,17). The lowest BCUT2D eigenvalue weighted by Gasteiger charge is -2.26. The summed E-state index contributed by atoms with van der Waals surface area (Å²) in [6.07, 6.45) is 5.37. The van der Waals surface area contributed by atoms with Crippen LogP contribution in [0.3, 0.4) is 0 Å². The summed E-state index contributed by atoms with van der Waals surface area (Å²) in [5, 5.41) is 2.90. The number of nitrogens with zero attached hydrogens (tertiary/aromatic N) is 2. The molecule has 0 saturated carbocycles. The molecule has 5 nitrogen and oxygen atoms in total. The third-order valence-electron chi connectivity index (χ3n) is 3.70. The van der Waals surface area contributed by atoms with Crippen LogP contribution in [0, 0.1) is 0 Å². The van der Waals surface area contributed by atoms with E-state index < -0.39 is 0 Å². The molecule has 102 valence electrons. The van der Waals surface area contributed by atoms with Crippen LogP contribution in [0.4, 0.5) is 0 Å². The van der Waals surface area contributed by atoms with Crippen molar-refractivity contribution in [3.8, 4) is 0 Å². The van der Waals surface area contributed by atoms with Crippen LogP contribution < -0.4 is 5.32 Å². The van der Waals surface area contributed by atoms with Crippen molar-refractivity contribution in [2.75, 3.05) is 39.3 Å². The van der Waals surface area contributed by atoms with E-state index in [0.29, 0.717) is 13.0 Å². The number of nitrogens with one attached hydrogen (secondary N) is 1. The third kappa shape index (κ3) is 3.98. The molecule has 0 aromatic rings. The first-order chi connectivity index (χ1) is 8.75. The topological polar surface area (TPSA) is 52.7 Å². The zero-order valence-corrected chi connectivity index (χ0v) is 11.0. The van der Waals surface area contributed by atoms with Crippen LogP contribution in [0.2, 0.25) is 0 Å². The monoisotopic (exact) mass is 253 g/mol. The molecule has 2 fully saturated rings. The lowest BCUT2D eigenvalue weighted by molar-refractivity contribution is -0.133. The molecular weight excluding hydrogens is 230 g/mol. The average molecular weight is 253 g/mol. The fourth-order valence-corrected chi connectivity index (χ4v) is 2.64. The van der Waals surface area contributed by atoms with Gasteiger partial charge in [0, 0.05) is 26.1 Å². The Kier molecular flexibility index (Phi) is 4.99. The van der Waals surface area contributed by atoms with Gasteiger partial charge < -0.3 is 15.1 Å². The number of likely N-dealkylation sites (tertiary alicyclic amines) is 2. The summed E-state index contributed by atoms with van der Waals surface area (Å²) in [6, 6.07) is 0. The van der Waals surface area contributed by atoms with Gasteiger partial charge in [0.25, 0.3) is 0 Å². The molecule has 2 rings (SSSR count). The lowest BCUT2D eigenvalue weighted by atomic mass is 10.1. The van der Waals surface area contributed by atoms with Crippen molar-refractivity contribution in [3.63, 3.8) is 0 Å². The van der Waals surface area contributed by atoms with Gasteiger partial charge in [-0.25, -0.2) is 0 Å². The molecule has 0 atom stereocenters. The molecule has 0 bridgehead atoms. The number of carbonyl (C=O) groups excluding carboxylic acids is 2. The molecule has 0 radical (unpaired) electrons. The van der Waals surface area contributed by atoms with Crippen LogP contribution in [0.1, 0.15) is 32.1 Å². The Morgan fingerprint density at radius 1 is 1.11 bits per heavy atom. The highest BCUT2D eigenvalue weighted by Gasteiger charge is 2.22. The van der Waals surface area contributed by atoms with Crippen LogP contribution in [-0.4, -0.2) is 60.9 Å². The third-order valence-corrected chi connectivity index (χ3v) is 3.70. The summed E-state index contributed by atoms with van der Waals surface area (Å²) in [4.78, 5) is 27.1. The maximum atomic E-state index is 11.7. The Hall–Kier alpha value is -1.10. The minimum atomic E-state index is -0.0257. The maximum Gasteiger partial charge on any atom is 0.239 e. The highest BCUT2D eigenvalue weighted by molar-refractivity contribution is 5.85. The van der Waals surface area contributed by atoms with Gasteiger partial charge in [0.1, 0.15) is 0 Å². The fraction of sp³-hybridized carbons (Fsp3) is 0.846. The molecule has 0 aromatic heterocycles. The van der Waals surface area contributed by atoms with Gasteiger partial charge in [0.05, 0.1) is 6.54 Å². The second-order valence-electron chi connectivity index (χ2n) is 5.17. The van der Waals surface area contributed by atoms with E-state index in [2.05, 4.69) is 10.2 Å². The molecule has 2 aliphatic rings. The van der Waals surface area contributed by atoms with Crippen LogP contribution in [0.15, 0.2) is 0 Å². The minimum absolute atomic E-state index is 0.0257. The van der Waals surface area contributed by atoms with Crippen LogP contribution in [0.5, 0.6) is 0 Å². The van der Waals surface area contributed by atoms with E-state index >= 15 is 0 Å². The first-order valence-electron chi connectivity index (χ1n) is 7.02. The Morgan fingerprint density at radius 2 is 1.89 bits per heavy atom. The first-order valence-corrected chi connectivity index (χ1v) is 7.02. The van der Waals surface area contributed by atoms with E-state index in [-0.39, 0.29) is 18.4 Å². The second kappa shape index (κ2) is 6.73. The summed E-state index contributed by atoms with van der Waals surface area (Å²) < 4.78 is 0. The van der Waals surface area contributed by atoms with Crippen molar-refractivity contribution in [1.82, 2.24) is 15.1 Å². The van der Waals surface area contributed by atoms with E-state index in [1.54, 1.807) is 4.90 Å². The number of amides is 2. The van der Waals surface area contributed by atoms with Crippen molar-refractivity contribution >= 4 is 11.8 Å². The second-order valence-corrected chi connectivity index (χ2v) is 5.17. The van der Waals surface area contributed by atoms with Crippen molar-refractivity contribution in [1.29, 1.82) is 0 Å². The van der Waals surface area contributed by atoms with Gasteiger partial charge >= 0.3 is 0 Å². The van der Waals surface area contributed by atoms with E-state index in [0.717, 1.165) is 32.6 Å². The van der Waals surface area contributed by atoms with Gasteiger partial charge in [-0.15, -0.1) is 0 Å². The summed E-state index contributed by atoms with van der Waals surface area (Å²) >= 11 is 0.